The third kappa shape index (κ3) is 1.25. The minimum Gasteiger partial charge on any atom is -0.368 e. The first-order valence-electron chi connectivity index (χ1n) is 4.20. The summed E-state index contributed by atoms with van der Waals surface area (Å²) in [7, 11) is 0. The predicted molar refractivity (Wildman–Crippen MR) is 43.7 cm³/mol. The first-order valence-corrected chi connectivity index (χ1v) is 4.20. The van der Waals surface area contributed by atoms with Crippen LogP contribution in [0.2, 0.25) is 0 Å². The van der Waals surface area contributed by atoms with Crippen LogP contribution in [0.1, 0.15) is 32.6 Å². The summed E-state index contributed by atoms with van der Waals surface area (Å²) in [5, 5.41) is 0. The smallest absolute Gasteiger partial charge is 0.237 e. The van der Waals surface area contributed by atoms with Gasteiger partial charge in [0.05, 0.1) is 5.54 Å². The van der Waals surface area contributed by atoms with Gasteiger partial charge in [0.15, 0.2) is 0 Å². The number of carbonyl (C=O) groups excluding carboxylic acids is 1. The molecule has 0 aromatic heterocycles. The molecular formula is C8H16N2O. The number of amides is 1. The third-order valence-electron chi connectivity index (χ3n) is 2.82. The Labute approximate surface area is 67.1 Å². The third-order valence-corrected chi connectivity index (χ3v) is 2.82. The molecule has 0 heterocycles. The highest BCUT2D eigenvalue weighted by atomic mass is 16.1. The molecule has 1 aliphatic rings. The molecule has 11 heavy (non-hydrogen) atoms. The molecule has 0 aromatic rings. The molecule has 0 bridgehead atoms. The van der Waals surface area contributed by atoms with Crippen molar-refractivity contribution in [1.82, 2.24) is 0 Å². The lowest BCUT2D eigenvalue weighted by molar-refractivity contribution is -0.124. The normalized spacial score (nSPS) is 37.5. The minimum absolute atomic E-state index is 0.306. The van der Waals surface area contributed by atoms with Crippen LogP contribution in [0, 0.1) is 5.92 Å². The van der Waals surface area contributed by atoms with Crippen molar-refractivity contribution in [2.45, 2.75) is 38.1 Å². The maximum Gasteiger partial charge on any atom is 0.237 e. The molecule has 4 N–H and O–H groups in total. The first-order chi connectivity index (χ1) is 5.11. The van der Waals surface area contributed by atoms with Gasteiger partial charge in [0, 0.05) is 0 Å². The molecule has 0 radical (unpaired) electrons. The molecule has 1 rings (SSSR count). The topological polar surface area (TPSA) is 69.1 Å². The number of rotatable bonds is 2. The van der Waals surface area contributed by atoms with Crippen molar-refractivity contribution in [2.24, 2.45) is 17.4 Å². The molecule has 0 unspecified atom stereocenters. The molecule has 1 fully saturated rings. The second-order valence-corrected chi connectivity index (χ2v) is 3.40. The molecule has 3 heteroatoms. The van der Waals surface area contributed by atoms with E-state index < -0.39 is 5.54 Å². The Balaban J connectivity index is 2.75. The van der Waals surface area contributed by atoms with Gasteiger partial charge in [-0.05, 0) is 18.8 Å². The molecule has 0 saturated heterocycles. The maximum absolute atomic E-state index is 11.0. The fourth-order valence-corrected chi connectivity index (χ4v) is 2.00. The van der Waals surface area contributed by atoms with Crippen LogP contribution < -0.4 is 11.5 Å². The largest absolute Gasteiger partial charge is 0.368 e. The summed E-state index contributed by atoms with van der Waals surface area (Å²) in [5.74, 6) is -0.0261. The zero-order valence-corrected chi connectivity index (χ0v) is 6.97. The van der Waals surface area contributed by atoms with Gasteiger partial charge >= 0.3 is 0 Å². The van der Waals surface area contributed by atoms with Gasteiger partial charge in [0.2, 0.25) is 5.91 Å². The van der Waals surface area contributed by atoms with Gasteiger partial charge in [0.25, 0.3) is 0 Å². The zero-order chi connectivity index (χ0) is 8.48. The summed E-state index contributed by atoms with van der Waals surface area (Å²) in [6.07, 6.45) is 3.81. The van der Waals surface area contributed by atoms with Crippen LogP contribution in [-0.2, 0) is 4.79 Å². The highest BCUT2D eigenvalue weighted by Crippen LogP contribution is 2.35. The molecule has 0 spiro atoms. The van der Waals surface area contributed by atoms with E-state index in [9.17, 15) is 4.79 Å². The van der Waals surface area contributed by atoms with Crippen LogP contribution in [0.15, 0.2) is 0 Å². The Hall–Kier alpha value is -0.570. The highest BCUT2D eigenvalue weighted by Gasteiger charge is 2.43. The molecule has 1 amide bonds. The van der Waals surface area contributed by atoms with Gasteiger partial charge < -0.3 is 11.5 Å². The quantitative estimate of drug-likeness (QED) is 0.606. The molecule has 1 saturated carbocycles. The molecule has 64 valence electrons. The van der Waals surface area contributed by atoms with Crippen molar-refractivity contribution in [3.8, 4) is 0 Å². The van der Waals surface area contributed by atoms with Crippen molar-refractivity contribution < 1.29 is 4.79 Å². The second-order valence-electron chi connectivity index (χ2n) is 3.40. The molecule has 2 atom stereocenters. The van der Waals surface area contributed by atoms with Crippen LogP contribution in [0.3, 0.4) is 0 Å². The maximum atomic E-state index is 11.0. The average Bonchev–Trinajstić information content (AvgIpc) is 2.32. The van der Waals surface area contributed by atoms with E-state index in [1.54, 1.807) is 0 Å². The molecule has 0 aromatic carbocycles. The lowest BCUT2D eigenvalue weighted by Crippen LogP contribution is -2.54. The lowest BCUT2D eigenvalue weighted by Gasteiger charge is -2.26. The Kier molecular flexibility index (Phi) is 2.18. The van der Waals surface area contributed by atoms with E-state index >= 15 is 0 Å². The Morgan fingerprint density at radius 1 is 1.73 bits per heavy atom. The van der Waals surface area contributed by atoms with Gasteiger partial charge in [-0.15, -0.1) is 0 Å². The standard InChI is InChI=1S/C8H16N2O/c1-2-6-4-3-5-8(6,10)7(9)11/h6H,2-5,10H2,1H3,(H2,9,11)/t6-,8-/m0/s1. The van der Waals surface area contributed by atoms with E-state index in [0.29, 0.717) is 5.92 Å². The van der Waals surface area contributed by atoms with Crippen molar-refractivity contribution in [3.63, 3.8) is 0 Å². The number of carbonyl (C=O) groups is 1. The van der Waals surface area contributed by atoms with Gasteiger partial charge in [-0.25, -0.2) is 0 Å². The summed E-state index contributed by atoms with van der Waals surface area (Å²) in [6.45, 7) is 2.06. The van der Waals surface area contributed by atoms with Crippen molar-refractivity contribution in [2.75, 3.05) is 0 Å². The van der Waals surface area contributed by atoms with Gasteiger partial charge in [-0.3, -0.25) is 4.79 Å². The molecular weight excluding hydrogens is 140 g/mol. The summed E-state index contributed by atoms with van der Waals surface area (Å²) in [5.41, 5.74) is 10.4. The molecule has 0 aliphatic heterocycles. The fourth-order valence-electron chi connectivity index (χ4n) is 2.00. The predicted octanol–water partition coefficient (Wildman–Crippen LogP) is 0.379. The number of primary amides is 1. The van der Waals surface area contributed by atoms with Crippen molar-refractivity contribution >= 4 is 5.91 Å². The Morgan fingerprint density at radius 3 is 2.73 bits per heavy atom. The molecule has 1 aliphatic carbocycles. The average molecular weight is 156 g/mol. The van der Waals surface area contributed by atoms with E-state index in [2.05, 4.69) is 6.92 Å². The van der Waals surface area contributed by atoms with E-state index in [-0.39, 0.29) is 5.91 Å². The van der Waals surface area contributed by atoms with Gasteiger partial charge in [0.1, 0.15) is 0 Å². The number of hydrogen-bond acceptors (Lipinski definition) is 2. The summed E-state index contributed by atoms with van der Waals surface area (Å²) in [6, 6.07) is 0. The van der Waals surface area contributed by atoms with E-state index in [1.807, 2.05) is 0 Å². The van der Waals surface area contributed by atoms with Crippen molar-refractivity contribution in [1.29, 1.82) is 0 Å². The van der Waals surface area contributed by atoms with Gasteiger partial charge in [-0.2, -0.15) is 0 Å². The van der Waals surface area contributed by atoms with Crippen LogP contribution in [-0.4, -0.2) is 11.4 Å². The van der Waals surface area contributed by atoms with Gasteiger partial charge in [-0.1, -0.05) is 19.8 Å². The summed E-state index contributed by atoms with van der Waals surface area (Å²) < 4.78 is 0. The van der Waals surface area contributed by atoms with Crippen molar-refractivity contribution in [3.05, 3.63) is 0 Å². The molecule has 3 nitrogen and oxygen atoms in total. The zero-order valence-electron chi connectivity index (χ0n) is 6.97. The first kappa shape index (κ1) is 8.53. The number of hydrogen-bond donors (Lipinski definition) is 2. The van der Waals surface area contributed by atoms with Crippen LogP contribution in [0.5, 0.6) is 0 Å². The van der Waals surface area contributed by atoms with Crippen LogP contribution in [0.25, 0.3) is 0 Å². The monoisotopic (exact) mass is 156 g/mol. The van der Waals surface area contributed by atoms with E-state index in [0.717, 1.165) is 25.7 Å². The second kappa shape index (κ2) is 2.81. The van der Waals surface area contributed by atoms with Crippen LogP contribution in [0.4, 0.5) is 0 Å². The summed E-state index contributed by atoms with van der Waals surface area (Å²) >= 11 is 0. The van der Waals surface area contributed by atoms with E-state index in [1.165, 1.54) is 0 Å². The highest BCUT2D eigenvalue weighted by molar-refractivity contribution is 5.85. The SMILES string of the molecule is CC[C@H]1CCC[C@@]1(N)C(N)=O. The Bertz CT molecular complexity index is 169. The number of nitrogens with two attached hydrogens (primary N) is 2. The van der Waals surface area contributed by atoms with E-state index in [4.69, 9.17) is 11.5 Å². The lowest BCUT2D eigenvalue weighted by atomic mass is 9.85. The minimum atomic E-state index is -0.700. The van der Waals surface area contributed by atoms with Crippen LogP contribution >= 0.6 is 0 Å². The fraction of sp³-hybridized carbons (Fsp3) is 0.875. The summed E-state index contributed by atoms with van der Waals surface area (Å²) in [4.78, 5) is 11.0. The Morgan fingerprint density at radius 2 is 2.36 bits per heavy atom.